The number of likely N-dealkylation sites (N-methyl/N-ethyl adjacent to an activating group) is 1. The molecule has 0 spiro atoms. The van der Waals surface area contributed by atoms with E-state index < -0.39 is 17.6 Å². The Labute approximate surface area is 164 Å². The van der Waals surface area contributed by atoms with Crippen molar-refractivity contribution in [3.63, 3.8) is 0 Å². The Morgan fingerprint density at radius 2 is 2.00 bits per heavy atom. The zero-order valence-corrected chi connectivity index (χ0v) is 18.3. The predicted octanol–water partition coefficient (Wildman–Crippen LogP) is 2.93. The highest BCUT2D eigenvalue weighted by Crippen LogP contribution is 2.42. The minimum Gasteiger partial charge on any atom is -0.467 e. The molecule has 0 unspecified atom stereocenters. The van der Waals surface area contributed by atoms with Crippen LogP contribution in [0.15, 0.2) is 9.66 Å². The third-order valence-corrected chi connectivity index (χ3v) is 6.11. The van der Waals surface area contributed by atoms with Crippen molar-refractivity contribution in [1.82, 2.24) is 4.90 Å². The lowest BCUT2D eigenvalue weighted by molar-refractivity contribution is -0.155. The highest BCUT2D eigenvalue weighted by Gasteiger charge is 2.60. The maximum atomic E-state index is 13.0. The molecule has 1 saturated heterocycles. The maximum absolute atomic E-state index is 13.0. The quantitative estimate of drug-likeness (QED) is 0.297. The molecular weight excluding hydrogens is 437 g/mol. The lowest BCUT2D eigenvalue weighted by Gasteiger charge is -2.31. The molecule has 7 heteroatoms. The minimum absolute atomic E-state index is 0.00174. The number of hydrogen-bond acceptors (Lipinski definition) is 5. The van der Waals surface area contributed by atoms with E-state index in [9.17, 15) is 9.59 Å². The second kappa shape index (κ2) is 9.32. The van der Waals surface area contributed by atoms with Crippen LogP contribution in [0, 0.1) is 5.92 Å². The van der Waals surface area contributed by atoms with Crippen molar-refractivity contribution in [2.24, 2.45) is 5.92 Å². The molecule has 25 heavy (non-hydrogen) atoms. The van der Waals surface area contributed by atoms with Crippen LogP contribution in [0.1, 0.15) is 40.5 Å². The lowest BCUT2D eigenvalue weighted by atomic mass is 9.94. The summed E-state index contributed by atoms with van der Waals surface area (Å²) in [5.41, 5.74) is 0.172. The third kappa shape index (κ3) is 4.95. The first-order valence-electron chi connectivity index (χ1n) is 8.50. The highest BCUT2D eigenvalue weighted by molar-refractivity contribution is 14.1. The molecule has 0 aromatic carbocycles. The van der Waals surface area contributed by atoms with Crippen molar-refractivity contribution >= 4 is 34.5 Å². The van der Waals surface area contributed by atoms with E-state index in [-0.39, 0.29) is 24.0 Å². The van der Waals surface area contributed by atoms with Crippen molar-refractivity contribution in [3.8, 4) is 0 Å². The number of esters is 1. The summed E-state index contributed by atoms with van der Waals surface area (Å²) in [7, 11) is 4.64. The van der Waals surface area contributed by atoms with Gasteiger partial charge in [0.2, 0.25) is 0 Å². The number of halogens is 1. The molecule has 1 aliphatic heterocycles. The van der Waals surface area contributed by atoms with Crippen LogP contribution in [0.4, 0.5) is 0 Å². The molecule has 1 heterocycles. The van der Waals surface area contributed by atoms with Crippen molar-refractivity contribution in [2.45, 2.75) is 64.4 Å². The zero-order chi connectivity index (χ0) is 19.4. The molecule has 1 rings (SSSR count). The summed E-state index contributed by atoms with van der Waals surface area (Å²) in [4.78, 5) is 26.6. The van der Waals surface area contributed by atoms with Gasteiger partial charge in [0.05, 0.1) is 19.3 Å². The van der Waals surface area contributed by atoms with Crippen molar-refractivity contribution < 1.29 is 23.8 Å². The molecule has 0 aromatic rings. The number of carbonyl (C=O) groups excluding carboxylic acids is 2. The van der Waals surface area contributed by atoms with Gasteiger partial charge in [0.25, 0.3) is 5.91 Å². The highest BCUT2D eigenvalue weighted by atomic mass is 127. The van der Waals surface area contributed by atoms with Crippen LogP contribution in [0.25, 0.3) is 0 Å². The SMILES string of the molecule is CC[C@H](C)[C@@H](C(=O)OC)N(C)C(=O)[C@]1(C)O[C@H]1C[C@@H](OC)/C(C)=C/I. The van der Waals surface area contributed by atoms with Gasteiger partial charge in [0.1, 0.15) is 6.04 Å². The Hall–Kier alpha value is -0.670. The average Bonchev–Trinajstić information content (AvgIpc) is 3.28. The van der Waals surface area contributed by atoms with Crippen LogP contribution in [0.3, 0.4) is 0 Å². The Balaban J connectivity index is 2.86. The van der Waals surface area contributed by atoms with Gasteiger partial charge in [0.15, 0.2) is 5.60 Å². The summed E-state index contributed by atoms with van der Waals surface area (Å²) < 4.78 is 18.1. The number of rotatable bonds is 9. The normalized spacial score (nSPS) is 26.6. The van der Waals surface area contributed by atoms with Gasteiger partial charge in [-0.15, -0.1) is 0 Å². The van der Waals surface area contributed by atoms with Gasteiger partial charge in [0, 0.05) is 20.6 Å². The van der Waals surface area contributed by atoms with Gasteiger partial charge in [-0.2, -0.15) is 0 Å². The molecule has 0 aliphatic carbocycles. The van der Waals surface area contributed by atoms with Gasteiger partial charge in [-0.1, -0.05) is 42.9 Å². The monoisotopic (exact) mass is 467 g/mol. The Morgan fingerprint density at radius 1 is 1.40 bits per heavy atom. The fraction of sp³-hybridized carbons (Fsp3) is 0.778. The van der Waals surface area contributed by atoms with Gasteiger partial charge in [-0.25, -0.2) is 4.79 Å². The minimum atomic E-state index is -0.920. The summed E-state index contributed by atoms with van der Waals surface area (Å²) in [5.74, 6) is -0.596. The van der Waals surface area contributed by atoms with E-state index >= 15 is 0 Å². The average molecular weight is 467 g/mol. The largest absolute Gasteiger partial charge is 0.467 e. The summed E-state index contributed by atoms with van der Waals surface area (Å²) in [6, 6.07) is -0.613. The molecule has 1 amide bonds. The van der Waals surface area contributed by atoms with Crippen LogP contribution in [0.2, 0.25) is 0 Å². The van der Waals surface area contributed by atoms with Gasteiger partial charge < -0.3 is 19.1 Å². The molecule has 1 fully saturated rings. The van der Waals surface area contributed by atoms with Crippen LogP contribution in [0.5, 0.6) is 0 Å². The van der Waals surface area contributed by atoms with E-state index in [0.29, 0.717) is 6.42 Å². The van der Waals surface area contributed by atoms with E-state index in [1.807, 2.05) is 24.9 Å². The number of amides is 1. The number of hydrogen-bond donors (Lipinski definition) is 0. The molecule has 0 N–H and O–H groups in total. The molecule has 0 bridgehead atoms. The molecule has 6 nitrogen and oxygen atoms in total. The van der Waals surface area contributed by atoms with Gasteiger partial charge >= 0.3 is 5.97 Å². The molecule has 0 aromatic heterocycles. The topological polar surface area (TPSA) is 68.4 Å². The first kappa shape index (κ1) is 22.4. The van der Waals surface area contributed by atoms with E-state index in [0.717, 1.165) is 12.0 Å². The van der Waals surface area contributed by atoms with Crippen molar-refractivity contribution in [2.75, 3.05) is 21.3 Å². The number of nitrogens with zero attached hydrogens (tertiary/aromatic N) is 1. The van der Waals surface area contributed by atoms with Crippen LogP contribution in [-0.4, -0.2) is 61.9 Å². The van der Waals surface area contributed by atoms with E-state index in [4.69, 9.17) is 14.2 Å². The Bertz CT molecular complexity index is 524. The fourth-order valence-corrected chi connectivity index (χ4v) is 3.45. The number of methoxy groups -OCH3 is 2. The molecule has 144 valence electrons. The summed E-state index contributed by atoms with van der Waals surface area (Å²) in [6.45, 7) is 7.69. The second-order valence-electron chi connectivity index (χ2n) is 6.80. The first-order valence-corrected chi connectivity index (χ1v) is 9.74. The van der Waals surface area contributed by atoms with Gasteiger partial charge in [-0.05, 0) is 29.4 Å². The van der Waals surface area contributed by atoms with Crippen LogP contribution in [-0.2, 0) is 23.8 Å². The Morgan fingerprint density at radius 3 is 2.44 bits per heavy atom. The standard InChI is InChI=1S/C18H30INO5/c1-8-11(2)15(16(21)24-7)20(5)17(22)18(4)14(25-18)9-13(23-6)12(3)10-19/h10-11,13-15H,8-9H2,1-7H3/b12-10+/t11-,13+,14-,15-,18+/m0/s1. The second-order valence-corrected chi connectivity index (χ2v) is 7.42. The van der Waals surface area contributed by atoms with E-state index in [2.05, 4.69) is 22.6 Å². The molecular formula is C18H30INO5. The first-order chi connectivity index (χ1) is 11.7. The summed E-state index contributed by atoms with van der Waals surface area (Å²) >= 11 is 2.17. The van der Waals surface area contributed by atoms with E-state index in [1.54, 1.807) is 21.1 Å². The van der Waals surface area contributed by atoms with Crippen LogP contribution >= 0.6 is 22.6 Å². The maximum Gasteiger partial charge on any atom is 0.328 e. The Kier molecular flexibility index (Phi) is 8.34. The van der Waals surface area contributed by atoms with E-state index in [1.165, 1.54) is 12.0 Å². The molecule has 5 atom stereocenters. The molecule has 0 saturated carbocycles. The van der Waals surface area contributed by atoms with Crippen LogP contribution < -0.4 is 0 Å². The number of epoxide rings is 1. The fourth-order valence-electron chi connectivity index (χ4n) is 3.05. The number of carbonyl (C=O) groups is 2. The summed E-state index contributed by atoms with van der Waals surface area (Å²) in [5, 5.41) is 0. The molecule has 0 radical (unpaired) electrons. The van der Waals surface area contributed by atoms with Crippen molar-refractivity contribution in [1.29, 1.82) is 0 Å². The number of ether oxygens (including phenoxy) is 3. The zero-order valence-electron chi connectivity index (χ0n) is 16.2. The predicted molar refractivity (Wildman–Crippen MR) is 104 cm³/mol. The smallest absolute Gasteiger partial charge is 0.328 e. The summed E-state index contributed by atoms with van der Waals surface area (Å²) in [6.07, 6.45) is 1.05. The molecule has 1 aliphatic rings. The lowest BCUT2D eigenvalue weighted by Crippen LogP contribution is -2.51. The third-order valence-electron chi connectivity index (χ3n) is 5.12. The van der Waals surface area contributed by atoms with Crippen molar-refractivity contribution in [3.05, 3.63) is 9.66 Å². The van der Waals surface area contributed by atoms with Gasteiger partial charge in [-0.3, -0.25) is 4.79 Å².